The zero-order valence-electron chi connectivity index (χ0n) is 9.44. The lowest BCUT2D eigenvalue weighted by molar-refractivity contribution is 0.539. The van der Waals surface area contributed by atoms with E-state index >= 15 is 0 Å². The lowest BCUT2D eigenvalue weighted by Gasteiger charge is -2.15. The molecule has 1 rings (SSSR count). The van der Waals surface area contributed by atoms with E-state index < -0.39 is 0 Å². The fourth-order valence-corrected chi connectivity index (χ4v) is 2.18. The molecule has 4 heteroatoms. The van der Waals surface area contributed by atoms with Gasteiger partial charge in [0, 0.05) is 24.2 Å². The van der Waals surface area contributed by atoms with Crippen LogP contribution in [0.25, 0.3) is 0 Å². The molecule has 1 aromatic heterocycles. The van der Waals surface area contributed by atoms with Crippen molar-refractivity contribution in [1.82, 2.24) is 15.3 Å². The highest BCUT2D eigenvalue weighted by Gasteiger charge is 2.06. The summed E-state index contributed by atoms with van der Waals surface area (Å²) in [6, 6.07) is 2.41. The summed E-state index contributed by atoms with van der Waals surface area (Å²) in [5.74, 6) is 1.04. The van der Waals surface area contributed by atoms with Crippen LogP contribution in [-0.2, 0) is 0 Å². The van der Waals surface area contributed by atoms with Gasteiger partial charge in [-0.1, -0.05) is 25.6 Å². The molecule has 0 aromatic carbocycles. The molecule has 0 spiro atoms. The van der Waals surface area contributed by atoms with Gasteiger partial charge in [-0.25, -0.2) is 9.97 Å². The molecular weight excluding hydrogens is 206 g/mol. The Hall–Kier alpha value is -0.610. The maximum atomic E-state index is 4.19. The molecule has 84 valence electrons. The second-order valence-corrected chi connectivity index (χ2v) is 4.39. The Bertz CT molecular complexity index is 253. The Labute approximate surface area is 96.1 Å². The summed E-state index contributed by atoms with van der Waals surface area (Å²) in [6.45, 7) is 5.49. The minimum atomic E-state index is 0.568. The minimum Gasteiger partial charge on any atom is -0.313 e. The van der Waals surface area contributed by atoms with Crippen molar-refractivity contribution in [2.75, 3.05) is 12.3 Å². The van der Waals surface area contributed by atoms with Crippen LogP contribution in [0, 0.1) is 0 Å². The van der Waals surface area contributed by atoms with Gasteiger partial charge in [-0.3, -0.25) is 0 Å². The highest BCUT2D eigenvalue weighted by atomic mass is 32.2. The zero-order valence-corrected chi connectivity index (χ0v) is 10.3. The summed E-state index contributed by atoms with van der Waals surface area (Å²) in [4.78, 5) is 8.38. The van der Waals surface area contributed by atoms with Gasteiger partial charge in [-0.2, -0.15) is 0 Å². The second-order valence-electron chi connectivity index (χ2n) is 3.40. The van der Waals surface area contributed by atoms with Gasteiger partial charge >= 0.3 is 0 Å². The Morgan fingerprint density at radius 1 is 1.33 bits per heavy atom. The summed E-state index contributed by atoms with van der Waals surface area (Å²) < 4.78 is 0. The van der Waals surface area contributed by atoms with Crippen LogP contribution < -0.4 is 5.32 Å². The first-order chi connectivity index (χ1) is 7.36. The molecule has 0 aliphatic rings. The van der Waals surface area contributed by atoms with Crippen molar-refractivity contribution in [2.24, 2.45) is 0 Å². The first kappa shape index (κ1) is 12.5. The monoisotopic (exact) mass is 225 g/mol. The van der Waals surface area contributed by atoms with Crippen molar-refractivity contribution in [3.05, 3.63) is 18.5 Å². The SMILES string of the molecule is CCCNC(CC)CSc1ncccn1. The average molecular weight is 225 g/mol. The van der Waals surface area contributed by atoms with Crippen LogP contribution in [0.15, 0.2) is 23.6 Å². The number of thioether (sulfide) groups is 1. The standard InChI is InChI=1S/C11H19N3S/c1-3-6-12-10(4-2)9-15-11-13-7-5-8-14-11/h5,7-8,10,12H,3-4,6,9H2,1-2H3. The van der Waals surface area contributed by atoms with E-state index in [2.05, 4.69) is 29.1 Å². The summed E-state index contributed by atoms with van der Waals surface area (Å²) >= 11 is 1.72. The first-order valence-corrected chi connectivity index (χ1v) is 6.48. The molecule has 0 saturated heterocycles. The highest BCUT2D eigenvalue weighted by molar-refractivity contribution is 7.99. The molecule has 1 unspecified atom stereocenters. The molecule has 0 bridgehead atoms. The van der Waals surface area contributed by atoms with Crippen LogP contribution in [0.3, 0.4) is 0 Å². The van der Waals surface area contributed by atoms with Crippen molar-refractivity contribution >= 4 is 11.8 Å². The first-order valence-electron chi connectivity index (χ1n) is 5.50. The maximum Gasteiger partial charge on any atom is 0.187 e. The molecule has 3 nitrogen and oxygen atoms in total. The molecule has 0 aliphatic heterocycles. The van der Waals surface area contributed by atoms with Gasteiger partial charge < -0.3 is 5.32 Å². The van der Waals surface area contributed by atoms with Crippen LogP contribution in [0.5, 0.6) is 0 Å². The van der Waals surface area contributed by atoms with Gasteiger partial charge in [0.1, 0.15) is 0 Å². The number of aromatic nitrogens is 2. The molecule has 1 aromatic rings. The molecule has 0 saturated carbocycles. The second kappa shape index (κ2) is 7.65. The lowest BCUT2D eigenvalue weighted by Crippen LogP contribution is -2.31. The van der Waals surface area contributed by atoms with E-state index in [1.807, 2.05) is 6.07 Å². The summed E-state index contributed by atoms with van der Waals surface area (Å²) in [5.41, 5.74) is 0. The zero-order chi connectivity index (χ0) is 10.9. The molecule has 0 amide bonds. The number of nitrogens with zero attached hydrogens (tertiary/aromatic N) is 2. The van der Waals surface area contributed by atoms with Crippen molar-refractivity contribution in [3.8, 4) is 0 Å². The third-order valence-corrected chi connectivity index (χ3v) is 3.17. The maximum absolute atomic E-state index is 4.19. The summed E-state index contributed by atoms with van der Waals surface area (Å²) in [5, 5.41) is 4.38. The molecule has 1 N–H and O–H groups in total. The van der Waals surface area contributed by atoms with Crippen molar-refractivity contribution in [1.29, 1.82) is 0 Å². The van der Waals surface area contributed by atoms with Gasteiger partial charge in [0.05, 0.1) is 0 Å². The van der Waals surface area contributed by atoms with Crippen molar-refractivity contribution in [3.63, 3.8) is 0 Å². The number of rotatable bonds is 7. The van der Waals surface area contributed by atoms with Gasteiger partial charge in [0.15, 0.2) is 5.16 Å². The van der Waals surface area contributed by atoms with E-state index in [9.17, 15) is 0 Å². The summed E-state index contributed by atoms with van der Waals surface area (Å²) in [6.07, 6.45) is 5.91. The van der Waals surface area contributed by atoms with Crippen molar-refractivity contribution in [2.45, 2.75) is 37.9 Å². The molecule has 15 heavy (non-hydrogen) atoms. The van der Waals surface area contributed by atoms with Gasteiger partial charge in [-0.15, -0.1) is 0 Å². The number of hydrogen-bond donors (Lipinski definition) is 1. The molecular formula is C11H19N3S. The van der Waals surface area contributed by atoms with Crippen LogP contribution >= 0.6 is 11.8 Å². The normalized spacial score (nSPS) is 12.7. The lowest BCUT2D eigenvalue weighted by atomic mass is 10.2. The molecule has 0 aliphatic carbocycles. The van der Waals surface area contributed by atoms with Crippen molar-refractivity contribution < 1.29 is 0 Å². The third kappa shape index (κ3) is 5.14. The molecule has 1 atom stereocenters. The predicted octanol–water partition coefficient (Wildman–Crippen LogP) is 2.35. The van der Waals surface area contributed by atoms with E-state index in [0.717, 1.165) is 23.9 Å². The van der Waals surface area contributed by atoms with Gasteiger partial charge in [0.2, 0.25) is 0 Å². The fraction of sp³-hybridized carbons (Fsp3) is 0.636. The number of hydrogen-bond acceptors (Lipinski definition) is 4. The molecule has 1 heterocycles. The Morgan fingerprint density at radius 2 is 2.07 bits per heavy atom. The molecule has 0 radical (unpaired) electrons. The van der Waals surface area contributed by atoms with E-state index in [0.29, 0.717) is 6.04 Å². The average Bonchev–Trinajstić information content (AvgIpc) is 2.31. The third-order valence-electron chi connectivity index (χ3n) is 2.13. The van der Waals surface area contributed by atoms with Crippen LogP contribution in [0.4, 0.5) is 0 Å². The fourth-order valence-electron chi connectivity index (χ4n) is 1.20. The Balaban J connectivity index is 2.28. The van der Waals surface area contributed by atoms with Crippen LogP contribution in [0.2, 0.25) is 0 Å². The van der Waals surface area contributed by atoms with Crippen LogP contribution in [0.1, 0.15) is 26.7 Å². The quantitative estimate of drug-likeness (QED) is 0.571. The topological polar surface area (TPSA) is 37.8 Å². The highest BCUT2D eigenvalue weighted by Crippen LogP contribution is 2.13. The van der Waals surface area contributed by atoms with E-state index in [-0.39, 0.29) is 0 Å². The van der Waals surface area contributed by atoms with E-state index in [1.165, 1.54) is 6.42 Å². The molecule has 0 fully saturated rings. The summed E-state index contributed by atoms with van der Waals surface area (Å²) in [7, 11) is 0. The van der Waals surface area contributed by atoms with Gasteiger partial charge in [-0.05, 0) is 25.5 Å². The Morgan fingerprint density at radius 3 is 2.67 bits per heavy atom. The Kier molecular flexibility index (Phi) is 6.36. The number of nitrogens with one attached hydrogen (secondary N) is 1. The smallest absolute Gasteiger partial charge is 0.187 e. The van der Waals surface area contributed by atoms with Gasteiger partial charge in [0.25, 0.3) is 0 Å². The van der Waals surface area contributed by atoms with Crippen LogP contribution in [-0.4, -0.2) is 28.3 Å². The van der Waals surface area contributed by atoms with E-state index in [4.69, 9.17) is 0 Å². The minimum absolute atomic E-state index is 0.568. The largest absolute Gasteiger partial charge is 0.313 e. The predicted molar refractivity (Wildman–Crippen MR) is 65.1 cm³/mol. The van der Waals surface area contributed by atoms with E-state index in [1.54, 1.807) is 24.2 Å².